The van der Waals surface area contributed by atoms with E-state index in [9.17, 15) is 13.2 Å². The first-order valence-electron chi connectivity index (χ1n) is 8.09. The largest absolute Gasteiger partial charge is 0.405 e. The zero-order valence-corrected chi connectivity index (χ0v) is 15.0. The summed E-state index contributed by atoms with van der Waals surface area (Å²) in [7, 11) is 0. The third kappa shape index (κ3) is 4.04. The number of hydrogen-bond donors (Lipinski definition) is 3. The molecule has 2 aromatic heterocycles. The topological polar surface area (TPSA) is 116 Å². The second kappa shape index (κ2) is 6.29. The van der Waals surface area contributed by atoms with Crippen LogP contribution in [-0.4, -0.2) is 27.9 Å². The van der Waals surface area contributed by atoms with Gasteiger partial charge in [0.05, 0.1) is 5.52 Å². The molecule has 0 fully saturated rings. The minimum Gasteiger partial charge on any atom is -0.402 e. The number of alkyl halides is 3. The lowest BCUT2D eigenvalue weighted by Gasteiger charge is -2.23. The molecule has 0 spiro atoms. The van der Waals surface area contributed by atoms with Gasteiger partial charge in [-0.1, -0.05) is 25.9 Å². The van der Waals surface area contributed by atoms with Crippen molar-refractivity contribution in [2.75, 3.05) is 23.3 Å². The first-order chi connectivity index (χ1) is 12.4. The molecule has 0 bridgehead atoms. The fourth-order valence-corrected chi connectivity index (χ4v) is 2.68. The van der Waals surface area contributed by atoms with Crippen molar-refractivity contribution in [3.05, 3.63) is 23.8 Å². The highest BCUT2D eigenvalue weighted by Gasteiger charge is 2.27. The van der Waals surface area contributed by atoms with Crippen LogP contribution in [0.1, 0.15) is 26.3 Å². The molecule has 1 aromatic carbocycles. The number of pyridine rings is 1. The SMILES string of the molecule is CC(C)(C)c1cc(NCC(F)(F)F)cc2c(N)cc(-c3nnc(N)o3)nc12. The van der Waals surface area contributed by atoms with Gasteiger partial charge in [-0.15, -0.1) is 5.10 Å². The van der Waals surface area contributed by atoms with Crippen LogP contribution in [0.15, 0.2) is 22.6 Å². The van der Waals surface area contributed by atoms with Crippen LogP contribution >= 0.6 is 0 Å². The van der Waals surface area contributed by atoms with E-state index >= 15 is 0 Å². The number of nitrogens with one attached hydrogen (secondary N) is 1. The van der Waals surface area contributed by atoms with E-state index in [1.165, 1.54) is 6.07 Å². The van der Waals surface area contributed by atoms with Crippen LogP contribution in [0.4, 0.5) is 30.6 Å². The molecule has 0 unspecified atom stereocenters. The zero-order valence-electron chi connectivity index (χ0n) is 15.0. The van der Waals surface area contributed by atoms with Gasteiger partial charge in [0.25, 0.3) is 5.89 Å². The van der Waals surface area contributed by atoms with E-state index in [4.69, 9.17) is 15.9 Å². The van der Waals surface area contributed by atoms with Crippen LogP contribution in [0, 0.1) is 0 Å². The number of fused-ring (bicyclic) bond motifs is 1. The summed E-state index contributed by atoms with van der Waals surface area (Å²) in [6.45, 7) is 4.66. The van der Waals surface area contributed by atoms with Gasteiger partial charge < -0.3 is 21.2 Å². The van der Waals surface area contributed by atoms with E-state index in [1.807, 2.05) is 20.8 Å². The summed E-state index contributed by atoms with van der Waals surface area (Å²) in [5, 5.41) is 10.3. The Kier molecular flexibility index (Phi) is 4.37. The average molecular weight is 380 g/mol. The summed E-state index contributed by atoms with van der Waals surface area (Å²) in [5.74, 6) is 0.111. The minimum atomic E-state index is -4.33. The van der Waals surface area contributed by atoms with Crippen molar-refractivity contribution in [1.29, 1.82) is 0 Å². The van der Waals surface area contributed by atoms with E-state index in [1.54, 1.807) is 12.1 Å². The third-order valence-electron chi connectivity index (χ3n) is 3.91. The zero-order chi connectivity index (χ0) is 20.0. The Morgan fingerprint density at radius 1 is 1.07 bits per heavy atom. The molecule has 0 saturated heterocycles. The Morgan fingerprint density at radius 3 is 2.33 bits per heavy atom. The third-order valence-corrected chi connectivity index (χ3v) is 3.91. The number of aromatic nitrogens is 3. The monoisotopic (exact) mass is 380 g/mol. The highest BCUT2D eigenvalue weighted by atomic mass is 19.4. The summed E-state index contributed by atoms with van der Waals surface area (Å²) < 4.78 is 42.9. The molecule has 0 saturated carbocycles. The van der Waals surface area contributed by atoms with Gasteiger partial charge in [-0.3, -0.25) is 0 Å². The van der Waals surface area contributed by atoms with Crippen molar-refractivity contribution in [2.24, 2.45) is 0 Å². The molecular weight excluding hydrogens is 361 g/mol. The first kappa shape index (κ1) is 18.7. The molecule has 2 heterocycles. The Balaban J connectivity index is 2.19. The van der Waals surface area contributed by atoms with Crippen molar-refractivity contribution in [3.8, 4) is 11.6 Å². The minimum absolute atomic E-state index is 0.104. The number of halogens is 3. The van der Waals surface area contributed by atoms with Crippen LogP contribution in [0.5, 0.6) is 0 Å². The molecule has 0 aliphatic rings. The predicted molar refractivity (Wildman–Crippen MR) is 97.1 cm³/mol. The second-order valence-electron chi connectivity index (χ2n) is 7.18. The number of rotatable bonds is 3. The van der Waals surface area contributed by atoms with Gasteiger partial charge in [-0.2, -0.15) is 13.2 Å². The van der Waals surface area contributed by atoms with Crippen molar-refractivity contribution >= 4 is 28.3 Å². The van der Waals surface area contributed by atoms with Crippen LogP contribution in [-0.2, 0) is 5.41 Å². The number of nitrogens with zero attached hydrogens (tertiary/aromatic N) is 3. The van der Waals surface area contributed by atoms with Crippen molar-refractivity contribution in [3.63, 3.8) is 0 Å². The van der Waals surface area contributed by atoms with Crippen molar-refractivity contribution < 1.29 is 17.6 Å². The molecule has 5 N–H and O–H groups in total. The van der Waals surface area contributed by atoms with Crippen molar-refractivity contribution in [2.45, 2.75) is 32.4 Å². The Labute approximate surface area is 153 Å². The molecular formula is C17H19F3N6O. The van der Waals surface area contributed by atoms with E-state index in [-0.39, 0.29) is 11.9 Å². The van der Waals surface area contributed by atoms with Gasteiger partial charge >= 0.3 is 12.2 Å². The maximum atomic E-state index is 12.6. The van der Waals surface area contributed by atoms with Gasteiger partial charge in [-0.05, 0) is 29.2 Å². The van der Waals surface area contributed by atoms with Crippen molar-refractivity contribution in [1.82, 2.24) is 15.2 Å². The Morgan fingerprint density at radius 2 is 1.78 bits per heavy atom. The highest BCUT2D eigenvalue weighted by molar-refractivity contribution is 5.97. The smallest absolute Gasteiger partial charge is 0.402 e. The lowest BCUT2D eigenvalue weighted by molar-refractivity contribution is -0.115. The summed E-state index contributed by atoms with van der Waals surface area (Å²) >= 11 is 0. The molecule has 3 rings (SSSR count). The molecule has 0 atom stereocenters. The summed E-state index contributed by atoms with van der Waals surface area (Å²) in [5.41, 5.74) is 13.5. The van der Waals surface area contributed by atoms with Gasteiger partial charge in [0, 0.05) is 16.8 Å². The molecule has 10 heteroatoms. The Hall–Kier alpha value is -3.04. The van der Waals surface area contributed by atoms with E-state index in [2.05, 4.69) is 20.5 Å². The van der Waals surface area contributed by atoms with Gasteiger partial charge in [-0.25, -0.2) is 4.98 Å². The number of nitrogen functional groups attached to an aromatic ring is 2. The lowest BCUT2D eigenvalue weighted by atomic mass is 9.84. The summed E-state index contributed by atoms with van der Waals surface area (Å²) in [4.78, 5) is 4.55. The standard InChI is InChI=1S/C17H19F3N6O/c1-16(2,3)10-5-8(23-7-17(18,19)20)4-9-11(21)6-12(24-13(9)10)14-25-26-15(22)27-14/h4-6,23H,7H2,1-3H3,(H2,21,24)(H2,22,26). The fraction of sp³-hybridized carbons (Fsp3) is 0.353. The lowest BCUT2D eigenvalue weighted by Crippen LogP contribution is -2.22. The highest BCUT2D eigenvalue weighted by Crippen LogP contribution is 2.36. The average Bonchev–Trinajstić information content (AvgIpc) is 2.97. The fourth-order valence-electron chi connectivity index (χ4n) is 2.68. The van der Waals surface area contributed by atoms with Gasteiger partial charge in [0.15, 0.2) is 0 Å². The molecule has 0 aliphatic carbocycles. The normalized spacial score (nSPS) is 12.5. The predicted octanol–water partition coefficient (Wildman–Crippen LogP) is 3.72. The molecule has 7 nitrogen and oxygen atoms in total. The number of anilines is 3. The van der Waals surface area contributed by atoms with E-state index < -0.39 is 18.1 Å². The van der Waals surface area contributed by atoms with E-state index in [0.29, 0.717) is 28.0 Å². The van der Waals surface area contributed by atoms with E-state index in [0.717, 1.165) is 5.56 Å². The molecule has 0 aliphatic heterocycles. The molecule has 0 radical (unpaired) electrons. The molecule has 27 heavy (non-hydrogen) atoms. The Bertz CT molecular complexity index is 991. The van der Waals surface area contributed by atoms with Gasteiger partial charge in [0.1, 0.15) is 12.2 Å². The molecule has 0 amide bonds. The number of nitrogens with two attached hydrogens (primary N) is 2. The van der Waals surface area contributed by atoms with Crippen LogP contribution < -0.4 is 16.8 Å². The number of hydrogen-bond acceptors (Lipinski definition) is 7. The van der Waals surface area contributed by atoms with Crippen LogP contribution in [0.3, 0.4) is 0 Å². The van der Waals surface area contributed by atoms with Gasteiger partial charge in [0.2, 0.25) is 0 Å². The quantitative estimate of drug-likeness (QED) is 0.634. The maximum Gasteiger partial charge on any atom is 0.405 e. The second-order valence-corrected chi connectivity index (χ2v) is 7.18. The first-order valence-corrected chi connectivity index (χ1v) is 8.09. The van der Waals surface area contributed by atoms with Crippen LogP contribution in [0.25, 0.3) is 22.5 Å². The summed E-state index contributed by atoms with van der Waals surface area (Å²) in [6.07, 6.45) is -4.33. The molecule has 144 valence electrons. The molecule has 3 aromatic rings. The van der Waals surface area contributed by atoms with Crippen LogP contribution in [0.2, 0.25) is 0 Å². The maximum absolute atomic E-state index is 12.6. The summed E-state index contributed by atoms with van der Waals surface area (Å²) in [6, 6.07) is 4.61. The number of benzene rings is 1.